The van der Waals surface area contributed by atoms with Crippen LogP contribution in [0.4, 0.5) is 0 Å². The number of hydrogen-bond acceptors (Lipinski definition) is 3. The first-order valence-corrected chi connectivity index (χ1v) is 8.80. The first kappa shape index (κ1) is 14.8. The third kappa shape index (κ3) is 2.78. The number of likely N-dealkylation sites (tertiary alicyclic amines) is 1. The number of amides is 1. The van der Waals surface area contributed by atoms with Crippen LogP contribution in [0.3, 0.4) is 0 Å². The Morgan fingerprint density at radius 3 is 2.67 bits per heavy atom. The fourth-order valence-electron chi connectivity index (χ4n) is 3.70. The number of rotatable bonds is 2. The fraction of sp³-hybridized carbons (Fsp3) is 0.647. The molecule has 2 aliphatic rings. The van der Waals surface area contributed by atoms with Crippen molar-refractivity contribution in [3.63, 3.8) is 0 Å². The van der Waals surface area contributed by atoms with Crippen LogP contribution in [-0.4, -0.2) is 29.2 Å². The summed E-state index contributed by atoms with van der Waals surface area (Å²) >= 11 is 1.59. The monoisotopic (exact) mass is 305 g/mol. The normalized spacial score (nSPS) is 26.4. The van der Waals surface area contributed by atoms with E-state index in [1.807, 2.05) is 11.0 Å². The number of carbonyl (C=O) groups is 2. The van der Waals surface area contributed by atoms with E-state index in [0.717, 1.165) is 43.5 Å². The molecule has 4 heteroatoms. The molecular formula is C17H23NO2S. The molecular weight excluding hydrogens is 282 g/mol. The second kappa shape index (κ2) is 5.91. The topological polar surface area (TPSA) is 37.4 Å². The highest BCUT2D eigenvalue weighted by Crippen LogP contribution is 2.34. The molecule has 3 nitrogen and oxygen atoms in total. The molecule has 1 aromatic heterocycles. The Morgan fingerprint density at radius 1 is 1.24 bits per heavy atom. The third-order valence-corrected chi connectivity index (χ3v) is 6.14. The second-order valence-corrected chi connectivity index (χ2v) is 7.63. The van der Waals surface area contributed by atoms with Crippen LogP contribution in [0.2, 0.25) is 0 Å². The second-order valence-electron chi connectivity index (χ2n) is 6.38. The molecule has 1 aliphatic heterocycles. The van der Waals surface area contributed by atoms with Gasteiger partial charge in [0.2, 0.25) is 0 Å². The Labute approximate surface area is 130 Å². The molecule has 1 aromatic rings. The first-order chi connectivity index (χ1) is 10.1. The van der Waals surface area contributed by atoms with Gasteiger partial charge in [0.25, 0.3) is 5.91 Å². The summed E-state index contributed by atoms with van der Waals surface area (Å²) in [6, 6.07) is 2.15. The molecule has 2 atom stereocenters. The van der Waals surface area contributed by atoms with Crippen LogP contribution >= 0.6 is 11.3 Å². The molecule has 0 aromatic carbocycles. The molecule has 0 radical (unpaired) electrons. The van der Waals surface area contributed by atoms with E-state index in [1.165, 1.54) is 10.4 Å². The minimum absolute atomic E-state index is 0.0939. The Morgan fingerprint density at radius 2 is 2.05 bits per heavy atom. The Kier molecular flexibility index (Phi) is 4.16. The smallest absolute Gasteiger partial charge is 0.264 e. The summed E-state index contributed by atoms with van der Waals surface area (Å²) in [7, 11) is 0. The maximum absolute atomic E-state index is 12.9. The number of nitrogens with zero attached hydrogens (tertiary/aromatic N) is 1. The minimum Gasteiger partial charge on any atom is -0.334 e. The van der Waals surface area contributed by atoms with E-state index < -0.39 is 0 Å². The molecule has 1 aliphatic carbocycles. The van der Waals surface area contributed by atoms with Crippen molar-refractivity contribution in [2.75, 3.05) is 6.54 Å². The van der Waals surface area contributed by atoms with Crippen LogP contribution in [0, 0.1) is 19.8 Å². The number of carbonyl (C=O) groups excluding carboxylic acids is 2. The number of piperidine rings is 1. The third-order valence-electron chi connectivity index (χ3n) is 5.00. The molecule has 0 N–H and O–H groups in total. The molecule has 2 unspecified atom stereocenters. The van der Waals surface area contributed by atoms with E-state index in [-0.39, 0.29) is 17.9 Å². The van der Waals surface area contributed by atoms with Crippen LogP contribution in [0.25, 0.3) is 0 Å². The first-order valence-electron chi connectivity index (χ1n) is 7.98. The van der Waals surface area contributed by atoms with E-state index >= 15 is 0 Å². The minimum atomic E-state index is 0.0939. The van der Waals surface area contributed by atoms with E-state index in [1.54, 1.807) is 11.3 Å². The number of ketones is 1. The van der Waals surface area contributed by atoms with E-state index in [4.69, 9.17) is 0 Å². The number of aryl methyl sites for hydroxylation is 2. The Balaban J connectivity index is 1.83. The maximum atomic E-state index is 12.9. The molecule has 1 amide bonds. The van der Waals surface area contributed by atoms with E-state index in [9.17, 15) is 9.59 Å². The molecule has 0 spiro atoms. The summed E-state index contributed by atoms with van der Waals surface area (Å²) in [4.78, 5) is 29.0. The Bertz CT molecular complexity index is 544. The molecule has 2 heterocycles. The van der Waals surface area contributed by atoms with Crippen molar-refractivity contribution < 1.29 is 9.59 Å². The van der Waals surface area contributed by atoms with Crippen LogP contribution < -0.4 is 0 Å². The van der Waals surface area contributed by atoms with Gasteiger partial charge in [-0.2, -0.15) is 0 Å². The predicted octanol–water partition coefficient (Wildman–Crippen LogP) is 3.73. The standard InChI is InChI=1S/C17H23NO2S/c1-11-10-16(21-12(11)2)17(20)18-9-4-3-7-14(18)13-6-5-8-15(13)19/h10,13-14H,3-9H2,1-2H3. The van der Waals surface area contributed by atoms with Crippen molar-refractivity contribution in [1.82, 2.24) is 4.90 Å². The van der Waals surface area contributed by atoms with Gasteiger partial charge in [-0.25, -0.2) is 0 Å². The average Bonchev–Trinajstić information content (AvgIpc) is 3.05. The van der Waals surface area contributed by atoms with Gasteiger partial charge in [-0.15, -0.1) is 11.3 Å². The summed E-state index contributed by atoms with van der Waals surface area (Å²) in [6.45, 7) is 4.92. The lowest BCUT2D eigenvalue weighted by Gasteiger charge is -2.38. The highest BCUT2D eigenvalue weighted by atomic mass is 32.1. The summed E-state index contributed by atoms with van der Waals surface area (Å²) in [5.41, 5.74) is 1.19. The van der Waals surface area contributed by atoms with E-state index in [2.05, 4.69) is 13.8 Å². The van der Waals surface area contributed by atoms with Gasteiger partial charge in [0, 0.05) is 29.8 Å². The quantitative estimate of drug-likeness (QED) is 0.835. The summed E-state index contributed by atoms with van der Waals surface area (Å²) in [6.07, 6.45) is 5.87. The van der Waals surface area contributed by atoms with Crippen molar-refractivity contribution in [2.24, 2.45) is 5.92 Å². The van der Waals surface area contributed by atoms with Crippen molar-refractivity contribution in [3.8, 4) is 0 Å². The van der Waals surface area contributed by atoms with Gasteiger partial charge < -0.3 is 4.90 Å². The molecule has 114 valence electrons. The zero-order valence-corrected chi connectivity index (χ0v) is 13.7. The number of Topliss-reactive ketones (excluding diaryl/α,β-unsaturated/α-hetero) is 1. The van der Waals surface area contributed by atoms with Gasteiger partial charge in [0.1, 0.15) is 5.78 Å². The largest absolute Gasteiger partial charge is 0.334 e. The van der Waals surface area contributed by atoms with Crippen molar-refractivity contribution in [2.45, 2.75) is 58.4 Å². The summed E-state index contributed by atoms with van der Waals surface area (Å²) in [5.74, 6) is 0.607. The predicted molar refractivity (Wildman–Crippen MR) is 84.8 cm³/mol. The van der Waals surface area contributed by atoms with Gasteiger partial charge in [0.05, 0.1) is 4.88 Å². The highest BCUT2D eigenvalue weighted by Gasteiger charge is 2.39. The zero-order valence-electron chi connectivity index (χ0n) is 12.9. The van der Waals surface area contributed by atoms with E-state index in [0.29, 0.717) is 12.2 Å². The number of hydrogen-bond donors (Lipinski definition) is 0. The summed E-state index contributed by atoms with van der Waals surface area (Å²) in [5, 5.41) is 0. The Hall–Kier alpha value is -1.16. The lowest BCUT2D eigenvalue weighted by atomic mass is 9.88. The highest BCUT2D eigenvalue weighted by molar-refractivity contribution is 7.14. The van der Waals surface area contributed by atoms with Crippen molar-refractivity contribution >= 4 is 23.0 Å². The van der Waals surface area contributed by atoms with Gasteiger partial charge in [-0.05, 0) is 57.6 Å². The molecule has 0 bridgehead atoms. The molecule has 1 saturated heterocycles. The molecule has 1 saturated carbocycles. The summed E-state index contributed by atoms with van der Waals surface area (Å²) < 4.78 is 0. The van der Waals surface area contributed by atoms with Gasteiger partial charge in [0.15, 0.2) is 0 Å². The molecule has 21 heavy (non-hydrogen) atoms. The molecule has 2 fully saturated rings. The SMILES string of the molecule is Cc1cc(C(=O)N2CCCCC2C2CCCC2=O)sc1C. The lowest BCUT2D eigenvalue weighted by molar-refractivity contribution is -0.122. The number of thiophene rings is 1. The zero-order chi connectivity index (χ0) is 15.0. The van der Waals surface area contributed by atoms with Crippen LogP contribution in [0.5, 0.6) is 0 Å². The van der Waals surface area contributed by atoms with Gasteiger partial charge in [-0.3, -0.25) is 9.59 Å². The van der Waals surface area contributed by atoms with Crippen LogP contribution in [-0.2, 0) is 4.79 Å². The fourth-order valence-corrected chi connectivity index (χ4v) is 4.69. The van der Waals surface area contributed by atoms with Gasteiger partial charge >= 0.3 is 0 Å². The average molecular weight is 305 g/mol. The van der Waals surface area contributed by atoms with Gasteiger partial charge in [-0.1, -0.05) is 0 Å². The van der Waals surface area contributed by atoms with Crippen molar-refractivity contribution in [1.29, 1.82) is 0 Å². The maximum Gasteiger partial charge on any atom is 0.264 e. The lowest BCUT2D eigenvalue weighted by Crippen LogP contribution is -2.48. The van der Waals surface area contributed by atoms with Crippen LogP contribution in [0.15, 0.2) is 6.07 Å². The molecule has 3 rings (SSSR count). The van der Waals surface area contributed by atoms with Crippen molar-refractivity contribution in [3.05, 3.63) is 21.4 Å². The van der Waals surface area contributed by atoms with Crippen LogP contribution in [0.1, 0.15) is 58.6 Å².